The molecule has 0 radical (unpaired) electrons. The van der Waals surface area contributed by atoms with Crippen LogP contribution < -0.4 is 5.32 Å². The van der Waals surface area contributed by atoms with E-state index >= 15 is 0 Å². The summed E-state index contributed by atoms with van der Waals surface area (Å²) in [4.78, 5) is 0. The van der Waals surface area contributed by atoms with Crippen LogP contribution in [0.5, 0.6) is 0 Å². The van der Waals surface area contributed by atoms with E-state index in [1.54, 1.807) is 5.56 Å². The molecule has 0 saturated heterocycles. The van der Waals surface area contributed by atoms with Crippen LogP contribution in [0.3, 0.4) is 0 Å². The average molecular weight is 237 g/mol. The van der Waals surface area contributed by atoms with E-state index in [1.165, 1.54) is 25.8 Å². The average Bonchev–Trinajstić information content (AvgIpc) is 2.84. The summed E-state index contributed by atoms with van der Waals surface area (Å²) in [5, 5.41) is 8.20. The molecule has 1 fully saturated rings. The lowest BCUT2D eigenvalue weighted by molar-refractivity contribution is 0.357. The lowest BCUT2D eigenvalue weighted by Crippen LogP contribution is -2.39. The van der Waals surface area contributed by atoms with E-state index in [0.717, 1.165) is 11.8 Å². The second-order valence-corrected chi connectivity index (χ2v) is 6.77. The fourth-order valence-electron chi connectivity index (χ4n) is 2.64. The monoisotopic (exact) mass is 237 g/mol. The van der Waals surface area contributed by atoms with Crippen molar-refractivity contribution in [1.82, 2.24) is 5.32 Å². The Morgan fingerprint density at radius 1 is 1.38 bits per heavy atom. The SMILES string of the molecule is CC(C)(C)NCC1CCCC1c1ccsc1. The minimum Gasteiger partial charge on any atom is -0.312 e. The molecule has 90 valence electrons. The zero-order chi connectivity index (χ0) is 11.6. The Balaban J connectivity index is 1.94. The highest BCUT2D eigenvalue weighted by atomic mass is 32.1. The second kappa shape index (κ2) is 4.89. The van der Waals surface area contributed by atoms with Crippen LogP contribution >= 0.6 is 11.3 Å². The van der Waals surface area contributed by atoms with Crippen molar-refractivity contribution < 1.29 is 0 Å². The maximum atomic E-state index is 3.66. The molecule has 0 bridgehead atoms. The van der Waals surface area contributed by atoms with Gasteiger partial charge in [0.15, 0.2) is 0 Å². The van der Waals surface area contributed by atoms with Crippen molar-refractivity contribution in [2.45, 2.75) is 51.5 Å². The van der Waals surface area contributed by atoms with Gasteiger partial charge in [-0.3, -0.25) is 0 Å². The fourth-order valence-corrected chi connectivity index (χ4v) is 3.37. The van der Waals surface area contributed by atoms with Crippen LogP contribution in [0.1, 0.15) is 51.5 Å². The van der Waals surface area contributed by atoms with E-state index in [0.29, 0.717) is 0 Å². The van der Waals surface area contributed by atoms with Crippen LogP contribution in [-0.4, -0.2) is 12.1 Å². The summed E-state index contributed by atoms with van der Waals surface area (Å²) in [5.41, 5.74) is 1.82. The summed E-state index contributed by atoms with van der Waals surface area (Å²) in [5.74, 6) is 1.65. The van der Waals surface area contributed by atoms with Gasteiger partial charge in [0.1, 0.15) is 0 Å². The van der Waals surface area contributed by atoms with Gasteiger partial charge in [-0.05, 0) is 74.4 Å². The number of hydrogen-bond donors (Lipinski definition) is 1. The van der Waals surface area contributed by atoms with Gasteiger partial charge in [0, 0.05) is 5.54 Å². The van der Waals surface area contributed by atoms with E-state index < -0.39 is 0 Å². The van der Waals surface area contributed by atoms with Crippen molar-refractivity contribution in [3.63, 3.8) is 0 Å². The summed E-state index contributed by atoms with van der Waals surface area (Å²) in [6, 6.07) is 2.31. The molecule has 1 heterocycles. The van der Waals surface area contributed by atoms with Gasteiger partial charge in [-0.1, -0.05) is 6.42 Å². The molecular formula is C14H23NS. The van der Waals surface area contributed by atoms with E-state index in [-0.39, 0.29) is 5.54 Å². The summed E-state index contributed by atoms with van der Waals surface area (Å²) in [6.07, 6.45) is 4.17. The van der Waals surface area contributed by atoms with Gasteiger partial charge in [0.05, 0.1) is 0 Å². The van der Waals surface area contributed by atoms with Crippen molar-refractivity contribution in [1.29, 1.82) is 0 Å². The highest BCUT2D eigenvalue weighted by Crippen LogP contribution is 2.40. The molecule has 1 aliphatic rings. The number of nitrogens with one attached hydrogen (secondary N) is 1. The first kappa shape index (κ1) is 12.1. The lowest BCUT2D eigenvalue weighted by Gasteiger charge is -2.26. The minimum atomic E-state index is 0.252. The zero-order valence-corrected chi connectivity index (χ0v) is 11.4. The molecule has 1 aliphatic carbocycles. The highest BCUT2D eigenvalue weighted by Gasteiger charge is 2.29. The van der Waals surface area contributed by atoms with Gasteiger partial charge in [-0.15, -0.1) is 0 Å². The molecule has 0 spiro atoms. The Hall–Kier alpha value is -0.340. The van der Waals surface area contributed by atoms with Crippen molar-refractivity contribution in [3.8, 4) is 0 Å². The van der Waals surface area contributed by atoms with Crippen molar-refractivity contribution in [3.05, 3.63) is 22.4 Å². The maximum absolute atomic E-state index is 3.66. The molecular weight excluding hydrogens is 214 g/mol. The number of rotatable bonds is 3. The maximum Gasteiger partial charge on any atom is 0.00966 e. The molecule has 1 N–H and O–H groups in total. The Bertz CT molecular complexity index is 310. The molecule has 1 aromatic heterocycles. The Morgan fingerprint density at radius 3 is 2.81 bits per heavy atom. The molecule has 0 amide bonds. The van der Waals surface area contributed by atoms with Crippen LogP contribution in [-0.2, 0) is 0 Å². The van der Waals surface area contributed by atoms with Crippen LogP contribution in [0.25, 0.3) is 0 Å². The van der Waals surface area contributed by atoms with Crippen molar-refractivity contribution in [2.75, 3.05) is 6.54 Å². The van der Waals surface area contributed by atoms with E-state index in [9.17, 15) is 0 Å². The van der Waals surface area contributed by atoms with Gasteiger partial charge < -0.3 is 5.32 Å². The molecule has 1 aromatic rings. The Morgan fingerprint density at radius 2 is 2.19 bits per heavy atom. The number of thiophene rings is 1. The van der Waals surface area contributed by atoms with Gasteiger partial charge in [0.2, 0.25) is 0 Å². The third kappa shape index (κ3) is 3.08. The van der Waals surface area contributed by atoms with Gasteiger partial charge in [-0.2, -0.15) is 11.3 Å². The topological polar surface area (TPSA) is 12.0 Å². The quantitative estimate of drug-likeness (QED) is 0.837. The highest BCUT2D eigenvalue weighted by molar-refractivity contribution is 7.07. The van der Waals surface area contributed by atoms with Crippen LogP contribution in [0.2, 0.25) is 0 Å². The molecule has 1 nitrogen and oxygen atoms in total. The summed E-state index contributed by atoms with van der Waals surface area (Å²) in [6.45, 7) is 7.93. The molecule has 1 saturated carbocycles. The fraction of sp³-hybridized carbons (Fsp3) is 0.714. The Labute approximate surface area is 103 Å². The third-order valence-electron chi connectivity index (χ3n) is 3.52. The zero-order valence-electron chi connectivity index (χ0n) is 10.6. The molecule has 2 heteroatoms. The van der Waals surface area contributed by atoms with E-state index in [2.05, 4.69) is 42.9 Å². The lowest BCUT2D eigenvalue weighted by atomic mass is 9.90. The van der Waals surface area contributed by atoms with Crippen LogP contribution in [0, 0.1) is 5.92 Å². The van der Waals surface area contributed by atoms with Crippen LogP contribution in [0.15, 0.2) is 16.8 Å². The van der Waals surface area contributed by atoms with Gasteiger partial charge >= 0.3 is 0 Å². The first-order chi connectivity index (χ1) is 7.56. The first-order valence-electron chi connectivity index (χ1n) is 6.33. The third-order valence-corrected chi connectivity index (χ3v) is 4.23. The molecule has 2 atom stereocenters. The normalized spacial score (nSPS) is 26.2. The van der Waals surface area contributed by atoms with Crippen LogP contribution in [0.4, 0.5) is 0 Å². The first-order valence-corrected chi connectivity index (χ1v) is 7.28. The molecule has 2 unspecified atom stereocenters. The standard InChI is InChI=1S/C14H23NS/c1-14(2,3)15-9-11-5-4-6-13(11)12-7-8-16-10-12/h7-8,10-11,13,15H,4-6,9H2,1-3H3. The van der Waals surface area contributed by atoms with E-state index in [1.807, 2.05) is 11.3 Å². The summed E-state index contributed by atoms with van der Waals surface area (Å²) in [7, 11) is 0. The second-order valence-electron chi connectivity index (χ2n) is 5.99. The van der Waals surface area contributed by atoms with Crippen molar-refractivity contribution in [2.24, 2.45) is 5.92 Å². The molecule has 2 rings (SSSR count). The Kier molecular flexibility index (Phi) is 3.70. The smallest absolute Gasteiger partial charge is 0.00966 e. The summed E-state index contributed by atoms with van der Waals surface area (Å²) < 4.78 is 0. The molecule has 0 aliphatic heterocycles. The predicted molar refractivity (Wildman–Crippen MR) is 72.2 cm³/mol. The van der Waals surface area contributed by atoms with Gasteiger partial charge in [-0.25, -0.2) is 0 Å². The molecule has 0 aromatic carbocycles. The molecule has 16 heavy (non-hydrogen) atoms. The number of hydrogen-bond acceptors (Lipinski definition) is 2. The largest absolute Gasteiger partial charge is 0.312 e. The minimum absolute atomic E-state index is 0.252. The summed E-state index contributed by atoms with van der Waals surface area (Å²) >= 11 is 1.83. The van der Waals surface area contributed by atoms with E-state index in [4.69, 9.17) is 0 Å². The van der Waals surface area contributed by atoms with Crippen molar-refractivity contribution >= 4 is 11.3 Å². The van der Waals surface area contributed by atoms with Gasteiger partial charge in [0.25, 0.3) is 0 Å². The predicted octanol–water partition coefficient (Wildman–Crippen LogP) is 4.02.